The Morgan fingerprint density at radius 2 is 1.83 bits per heavy atom. The van der Waals surface area contributed by atoms with Crippen LogP contribution in [0, 0.1) is 6.92 Å². The summed E-state index contributed by atoms with van der Waals surface area (Å²) in [6.07, 6.45) is 0. The van der Waals surface area contributed by atoms with Gasteiger partial charge in [-0.2, -0.15) is 4.31 Å². The zero-order valence-electron chi connectivity index (χ0n) is 12.8. The molecule has 2 atom stereocenters. The van der Waals surface area contributed by atoms with E-state index in [4.69, 9.17) is 5.73 Å². The summed E-state index contributed by atoms with van der Waals surface area (Å²) in [5, 5.41) is 0. The van der Waals surface area contributed by atoms with Crippen LogP contribution < -0.4 is 5.73 Å². The molecule has 23 heavy (non-hydrogen) atoms. The summed E-state index contributed by atoms with van der Waals surface area (Å²) in [6.45, 7) is 2.68. The highest BCUT2D eigenvalue weighted by Crippen LogP contribution is 2.31. The first-order valence-corrected chi connectivity index (χ1v) is 9.70. The van der Waals surface area contributed by atoms with E-state index >= 15 is 0 Å². The number of hydrogen-bond donors (Lipinski definition) is 1. The number of nitrogens with two attached hydrogens (primary N) is 1. The lowest BCUT2D eigenvalue weighted by atomic mass is 9.95. The Morgan fingerprint density at radius 3 is 2.48 bits per heavy atom. The maximum atomic E-state index is 12.9. The van der Waals surface area contributed by atoms with Crippen LogP contribution in [-0.2, 0) is 10.0 Å². The Morgan fingerprint density at radius 1 is 1.13 bits per heavy atom. The van der Waals surface area contributed by atoms with Crippen LogP contribution in [0.5, 0.6) is 0 Å². The second kappa shape index (κ2) is 6.36. The molecule has 3 rings (SSSR count). The first-order valence-electron chi connectivity index (χ1n) is 7.46. The fourth-order valence-electron chi connectivity index (χ4n) is 2.92. The molecule has 4 nitrogen and oxygen atoms in total. The van der Waals surface area contributed by atoms with E-state index in [-0.39, 0.29) is 12.0 Å². The molecule has 0 spiro atoms. The first kappa shape index (κ1) is 16.6. The molecule has 2 aromatic carbocycles. The van der Waals surface area contributed by atoms with E-state index in [0.29, 0.717) is 18.0 Å². The Labute approximate surface area is 145 Å². The van der Waals surface area contributed by atoms with Crippen LogP contribution in [0.1, 0.15) is 17.0 Å². The van der Waals surface area contributed by atoms with Crippen LogP contribution in [-0.4, -0.2) is 31.9 Å². The van der Waals surface area contributed by atoms with Gasteiger partial charge in [-0.25, -0.2) is 8.42 Å². The maximum absolute atomic E-state index is 12.9. The monoisotopic (exact) mass is 394 g/mol. The Bertz CT molecular complexity index is 809. The summed E-state index contributed by atoms with van der Waals surface area (Å²) in [4.78, 5) is 0.302. The van der Waals surface area contributed by atoms with Gasteiger partial charge in [-0.1, -0.05) is 52.3 Å². The third-order valence-electron chi connectivity index (χ3n) is 4.34. The van der Waals surface area contributed by atoms with Crippen molar-refractivity contribution in [1.29, 1.82) is 0 Å². The number of halogens is 1. The highest BCUT2D eigenvalue weighted by Gasteiger charge is 2.38. The number of nitrogens with zero attached hydrogens (tertiary/aromatic N) is 1. The molecule has 1 aliphatic rings. The van der Waals surface area contributed by atoms with Crippen molar-refractivity contribution in [2.45, 2.75) is 23.8 Å². The molecule has 6 heteroatoms. The van der Waals surface area contributed by atoms with E-state index < -0.39 is 10.0 Å². The smallest absolute Gasteiger partial charge is 0.243 e. The van der Waals surface area contributed by atoms with Crippen LogP contribution in [0.25, 0.3) is 0 Å². The summed E-state index contributed by atoms with van der Waals surface area (Å²) in [5.41, 5.74) is 8.30. The molecule has 0 radical (unpaired) electrons. The van der Waals surface area contributed by atoms with E-state index in [0.717, 1.165) is 15.6 Å². The molecule has 1 saturated heterocycles. The van der Waals surface area contributed by atoms with E-state index in [1.54, 1.807) is 12.1 Å². The van der Waals surface area contributed by atoms with Crippen molar-refractivity contribution in [3.05, 3.63) is 64.1 Å². The minimum atomic E-state index is -3.53. The summed E-state index contributed by atoms with van der Waals surface area (Å²) in [5.74, 6) is 0.0277. The topological polar surface area (TPSA) is 63.4 Å². The standard InChI is InChI=1S/C17H19BrN2O2S/c1-12-7-8-14(9-16(12)18)23(21,22)20-10-15(17(19)11-20)13-5-3-2-4-6-13/h2-9,15,17H,10-11,19H2,1H3/t15-,17+/m0/s1. The lowest BCUT2D eigenvalue weighted by molar-refractivity contribution is 0.470. The third kappa shape index (κ3) is 3.21. The lowest BCUT2D eigenvalue weighted by Gasteiger charge is -2.17. The molecular formula is C17H19BrN2O2S. The predicted molar refractivity (Wildman–Crippen MR) is 94.8 cm³/mol. The number of sulfonamides is 1. The highest BCUT2D eigenvalue weighted by molar-refractivity contribution is 9.10. The number of hydrogen-bond acceptors (Lipinski definition) is 3. The zero-order chi connectivity index (χ0) is 16.6. The predicted octanol–water partition coefficient (Wildman–Crippen LogP) is 2.87. The minimum Gasteiger partial charge on any atom is -0.326 e. The molecule has 1 aliphatic heterocycles. The molecule has 0 amide bonds. The van der Waals surface area contributed by atoms with Gasteiger partial charge in [-0.15, -0.1) is 0 Å². The van der Waals surface area contributed by atoms with Crippen LogP contribution in [0.2, 0.25) is 0 Å². The van der Waals surface area contributed by atoms with Crippen molar-refractivity contribution >= 4 is 26.0 Å². The van der Waals surface area contributed by atoms with Crippen LogP contribution >= 0.6 is 15.9 Å². The fraction of sp³-hybridized carbons (Fsp3) is 0.294. The van der Waals surface area contributed by atoms with Gasteiger partial charge < -0.3 is 5.73 Å². The van der Waals surface area contributed by atoms with Gasteiger partial charge in [0.2, 0.25) is 10.0 Å². The van der Waals surface area contributed by atoms with E-state index in [1.807, 2.05) is 43.3 Å². The normalized spacial score (nSPS) is 22.4. The minimum absolute atomic E-state index is 0.0277. The summed E-state index contributed by atoms with van der Waals surface area (Å²) in [7, 11) is -3.53. The van der Waals surface area contributed by atoms with Gasteiger partial charge in [0, 0.05) is 29.5 Å². The number of aryl methyl sites for hydroxylation is 1. The lowest BCUT2D eigenvalue weighted by Crippen LogP contribution is -2.32. The first-order chi connectivity index (χ1) is 10.9. The van der Waals surface area contributed by atoms with E-state index in [1.165, 1.54) is 4.31 Å². The van der Waals surface area contributed by atoms with E-state index in [9.17, 15) is 8.42 Å². The Balaban J connectivity index is 1.88. The van der Waals surface area contributed by atoms with Crippen molar-refractivity contribution in [2.75, 3.05) is 13.1 Å². The molecule has 0 aromatic heterocycles. The average molecular weight is 395 g/mol. The fourth-order valence-corrected chi connectivity index (χ4v) is 4.98. The quantitative estimate of drug-likeness (QED) is 0.870. The van der Waals surface area contributed by atoms with Gasteiger partial charge in [-0.3, -0.25) is 0 Å². The molecule has 2 aromatic rings. The largest absolute Gasteiger partial charge is 0.326 e. The molecule has 0 saturated carbocycles. The maximum Gasteiger partial charge on any atom is 0.243 e. The van der Waals surface area contributed by atoms with Gasteiger partial charge in [0.1, 0.15) is 0 Å². The average Bonchev–Trinajstić information content (AvgIpc) is 2.93. The Hall–Kier alpha value is -1.21. The van der Waals surface area contributed by atoms with Gasteiger partial charge >= 0.3 is 0 Å². The second-order valence-electron chi connectivity index (χ2n) is 5.91. The number of benzene rings is 2. The summed E-state index contributed by atoms with van der Waals surface area (Å²) >= 11 is 3.40. The molecule has 0 aliphatic carbocycles. The van der Waals surface area contributed by atoms with Crippen LogP contribution in [0.3, 0.4) is 0 Å². The molecule has 0 bridgehead atoms. The zero-order valence-corrected chi connectivity index (χ0v) is 15.2. The summed E-state index contributed by atoms with van der Waals surface area (Å²) in [6, 6.07) is 14.8. The van der Waals surface area contributed by atoms with Gasteiger partial charge in [0.05, 0.1) is 4.90 Å². The molecule has 1 fully saturated rings. The van der Waals surface area contributed by atoms with E-state index in [2.05, 4.69) is 15.9 Å². The summed E-state index contributed by atoms with van der Waals surface area (Å²) < 4.78 is 28.0. The second-order valence-corrected chi connectivity index (χ2v) is 8.71. The third-order valence-corrected chi connectivity index (χ3v) is 7.02. The Kier molecular flexibility index (Phi) is 4.60. The van der Waals surface area contributed by atoms with Gasteiger partial charge in [0.25, 0.3) is 0 Å². The molecule has 1 heterocycles. The van der Waals surface area contributed by atoms with Crippen LogP contribution in [0.15, 0.2) is 57.9 Å². The highest BCUT2D eigenvalue weighted by atomic mass is 79.9. The van der Waals surface area contributed by atoms with Crippen molar-refractivity contribution < 1.29 is 8.42 Å². The van der Waals surface area contributed by atoms with Crippen LogP contribution in [0.4, 0.5) is 0 Å². The molecule has 122 valence electrons. The SMILES string of the molecule is Cc1ccc(S(=O)(=O)N2C[C@@H](N)[C@H](c3ccccc3)C2)cc1Br. The van der Waals surface area contributed by atoms with Crippen molar-refractivity contribution in [1.82, 2.24) is 4.31 Å². The van der Waals surface area contributed by atoms with Gasteiger partial charge in [-0.05, 0) is 30.2 Å². The molecule has 0 unspecified atom stereocenters. The number of rotatable bonds is 3. The van der Waals surface area contributed by atoms with Gasteiger partial charge in [0.15, 0.2) is 0 Å². The van der Waals surface area contributed by atoms with Crippen molar-refractivity contribution in [2.24, 2.45) is 5.73 Å². The van der Waals surface area contributed by atoms with Crippen molar-refractivity contribution in [3.63, 3.8) is 0 Å². The van der Waals surface area contributed by atoms with Crippen molar-refractivity contribution in [3.8, 4) is 0 Å². The molecule has 2 N–H and O–H groups in total. The molecular weight excluding hydrogens is 376 g/mol.